The first-order valence-electron chi connectivity index (χ1n) is 6.36. The van der Waals surface area contributed by atoms with Gasteiger partial charge in [-0.3, -0.25) is 4.79 Å². The van der Waals surface area contributed by atoms with Crippen LogP contribution < -0.4 is 4.90 Å². The number of fused-ring (bicyclic) bond motifs is 1. The van der Waals surface area contributed by atoms with Crippen molar-refractivity contribution in [3.63, 3.8) is 0 Å². The molecule has 0 radical (unpaired) electrons. The molecule has 0 spiro atoms. The highest BCUT2D eigenvalue weighted by Crippen LogP contribution is 2.27. The molecule has 102 valence electrons. The average Bonchev–Trinajstić information content (AvgIpc) is 2.77. The Bertz CT molecular complexity index is 689. The molecule has 0 bridgehead atoms. The number of nitrogens with zero attached hydrogens (tertiary/aromatic N) is 1. The standard InChI is InChI=1S/C15H14N2O3/c1-9-13-11(16-14(9)15(19)20)7-17(8-12(13)18)10-5-3-2-4-6-10/h2-6,16H,7-8H2,1H3,(H,19,20). The number of carboxylic acid groups (broad SMARTS) is 1. The molecule has 0 aliphatic carbocycles. The number of aromatic nitrogens is 1. The summed E-state index contributed by atoms with van der Waals surface area (Å²) in [5, 5.41) is 9.13. The van der Waals surface area contributed by atoms with Crippen molar-refractivity contribution in [2.75, 3.05) is 11.4 Å². The van der Waals surface area contributed by atoms with Gasteiger partial charge >= 0.3 is 5.97 Å². The number of benzene rings is 1. The third kappa shape index (κ3) is 1.87. The molecule has 3 rings (SSSR count). The Kier molecular flexibility index (Phi) is 2.82. The predicted molar refractivity (Wildman–Crippen MR) is 74.3 cm³/mol. The number of para-hydroxylation sites is 1. The van der Waals surface area contributed by atoms with Crippen molar-refractivity contribution in [1.29, 1.82) is 0 Å². The fourth-order valence-electron chi connectivity index (χ4n) is 2.69. The van der Waals surface area contributed by atoms with Crippen LogP contribution in [-0.2, 0) is 6.54 Å². The molecule has 2 N–H and O–H groups in total. The maximum Gasteiger partial charge on any atom is 0.352 e. The second-order valence-corrected chi connectivity index (χ2v) is 4.90. The van der Waals surface area contributed by atoms with Crippen LogP contribution in [0.15, 0.2) is 30.3 Å². The van der Waals surface area contributed by atoms with Gasteiger partial charge in [-0.05, 0) is 24.6 Å². The lowest BCUT2D eigenvalue weighted by molar-refractivity contribution is 0.0690. The van der Waals surface area contributed by atoms with E-state index in [-0.39, 0.29) is 18.0 Å². The maximum absolute atomic E-state index is 12.3. The highest BCUT2D eigenvalue weighted by molar-refractivity contribution is 6.05. The van der Waals surface area contributed by atoms with Crippen molar-refractivity contribution in [3.05, 3.63) is 52.8 Å². The van der Waals surface area contributed by atoms with Crippen molar-refractivity contribution < 1.29 is 14.7 Å². The molecule has 0 amide bonds. The summed E-state index contributed by atoms with van der Waals surface area (Å²) >= 11 is 0. The Labute approximate surface area is 115 Å². The SMILES string of the molecule is Cc1c(C(=O)O)[nH]c2c1C(=O)CN(c1ccccc1)C2. The van der Waals surface area contributed by atoms with E-state index in [1.54, 1.807) is 6.92 Å². The number of Topliss-reactive ketones (excluding diaryl/α,β-unsaturated/α-hetero) is 1. The molecule has 0 fully saturated rings. The van der Waals surface area contributed by atoms with Crippen LogP contribution >= 0.6 is 0 Å². The third-order valence-electron chi connectivity index (χ3n) is 3.63. The van der Waals surface area contributed by atoms with Gasteiger partial charge in [0.15, 0.2) is 5.78 Å². The van der Waals surface area contributed by atoms with Gasteiger partial charge in [0, 0.05) is 16.9 Å². The van der Waals surface area contributed by atoms with Gasteiger partial charge in [-0.25, -0.2) is 4.79 Å². The molecule has 5 heteroatoms. The Morgan fingerprint density at radius 1 is 1.25 bits per heavy atom. The zero-order chi connectivity index (χ0) is 14.3. The van der Waals surface area contributed by atoms with E-state index >= 15 is 0 Å². The van der Waals surface area contributed by atoms with E-state index in [0.717, 1.165) is 5.69 Å². The Morgan fingerprint density at radius 3 is 2.60 bits per heavy atom. The summed E-state index contributed by atoms with van der Waals surface area (Å²) in [7, 11) is 0. The Hall–Kier alpha value is -2.56. The molecule has 20 heavy (non-hydrogen) atoms. The fourth-order valence-corrected chi connectivity index (χ4v) is 2.69. The summed E-state index contributed by atoms with van der Waals surface area (Å²) in [5.41, 5.74) is 2.81. The molecule has 0 saturated heterocycles. The van der Waals surface area contributed by atoms with Crippen LogP contribution in [0.3, 0.4) is 0 Å². The molecule has 5 nitrogen and oxygen atoms in total. The number of carbonyl (C=O) groups excluding carboxylic acids is 1. The van der Waals surface area contributed by atoms with Crippen LogP contribution in [0.2, 0.25) is 0 Å². The van der Waals surface area contributed by atoms with E-state index in [2.05, 4.69) is 4.98 Å². The number of carbonyl (C=O) groups is 2. The number of ketones is 1. The number of hydrogen-bond acceptors (Lipinski definition) is 3. The molecule has 1 aliphatic heterocycles. The van der Waals surface area contributed by atoms with Crippen molar-refractivity contribution in [1.82, 2.24) is 4.98 Å². The number of rotatable bonds is 2. The van der Waals surface area contributed by atoms with Gasteiger partial charge in [0.1, 0.15) is 5.69 Å². The molecule has 0 saturated carbocycles. The lowest BCUT2D eigenvalue weighted by Gasteiger charge is -2.28. The molecule has 1 aliphatic rings. The highest BCUT2D eigenvalue weighted by atomic mass is 16.4. The van der Waals surface area contributed by atoms with Gasteiger partial charge in [-0.1, -0.05) is 18.2 Å². The van der Waals surface area contributed by atoms with Crippen LogP contribution in [0.1, 0.15) is 32.1 Å². The largest absolute Gasteiger partial charge is 0.477 e. The normalized spacial score (nSPS) is 14.2. The van der Waals surface area contributed by atoms with Gasteiger partial charge < -0.3 is 15.0 Å². The van der Waals surface area contributed by atoms with Crippen molar-refractivity contribution in [2.24, 2.45) is 0 Å². The Morgan fingerprint density at radius 2 is 1.95 bits per heavy atom. The van der Waals surface area contributed by atoms with Gasteiger partial charge in [-0.2, -0.15) is 0 Å². The highest BCUT2D eigenvalue weighted by Gasteiger charge is 2.29. The number of H-pyrrole nitrogens is 1. The topological polar surface area (TPSA) is 73.4 Å². The van der Waals surface area contributed by atoms with Crippen LogP contribution in [0.5, 0.6) is 0 Å². The number of hydrogen-bond donors (Lipinski definition) is 2. The van der Waals surface area contributed by atoms with Gasteiger partial charge in [0.2, 0.25) is 0 Å². The van der Waals surface area contributed by atoms with Gasteiger partial charge in [0.25, 0.3) is 0 Å². The number of carboxylic acids is 1. The van der Waals surface area contributed by atoms with E-state index in [0.29, 0.717) is 23.4 Å². The summed E-state index contributed by atoms with van der Waals surface area (Å²) < 4.78 is 0. The molecule has 0 atom stereocenters. The van der Waals surface area contributed by atoms with Crippen LogP contribution in [0, 0.1) is 6.92 Å². The molecule has 2 heterocycles. The van der Waals surface area contributed by atoms with E-state index in [4.69, 9.17) is 5.11 Å². The Balaban J connectivity index is 2.02. The summed E-state index contributed by atoms with van der Waals surface area (Å²) in [4.78, 5) is 28.2. The molecular weight excluding hydrogens is 256 g/mol. The second kappa shape index (κ2) is 4.52. The zero-order valence-corrected chi connectivity index (χ0v) is 11.0. The zero-order valence-electron chi connectivity index (χ0n) is 11.0. The summed E-state index contributed by atoms with van der Waals surface area (Å²) in [5.74, 6) is -1.08. The first-order chi connectivity index (χ1) is 9.58. The number of aromatic amines is 1. The smallest absolute Gasteiger partial charge is 0.352 e. The second-order valence-electron chi connectivity index (χ2n) is 4.90. The summed E-state index contributed by atoms with van der Waals surface area (Å²) in [6.45, 7) is 2.46. The van der Waals surface area contributed by atoms with Crippen LogP contribution in [0.4, 0.5) is 5.69 Å². The quantitative estimate of drug-likeness (QED) is 0.877. The first kappa shape index (κ1) is 12.5. The number of anilines is 1. The molecule has 1 aromatic carbocycles. The molecular formula is C15H14N2O3. The van der Waals surface area contributed by atoms with Crippen molar-refractivity contribution >= 4 is 17.4 Å². The fraction of sp³-hybridized carbons (Fsp3) is 0.200. The van der Waals surface area contributed by atoms with Gasteiger partial charge in [-0.15, -0.1) is 0 Å². The number of aromatic carboxylic acids is 1. The molecule has 2 aromatic rings. The first-order valence-corrected chi connectivity index (χ1v) is 6.36. The van der Waals surface area contributed by atoms with Crippen molar-refractivity contribution in [2.45, 2.75) is 13.5 Å². The van der Waals surface area contributed by atoms with E-state index < -0.39 is 5.97 Å². The van der Waals surface area contributed by atoms with E-state index in [9.17, 15) is 9.59 Å². The number of nitrogens with one attached hydrogen (secondary N) is 1. The monoisotopic (exact) mass is 270 g/mol. The lowest BCUT2D eigenvalue weighted by atomic mass is 10.0. The van der Waals surface area contributed by atoms with Crippen molar-refractivity contribution in [3.8, 4) is 0 Å². The minimum absolute atomic E-state index is 0.0450. The molecule has 0 unspecified atom stereocenters. The van der Waals surface area contributed by atoms with Crippen LogP contribution in [-0.4, -0.2) is 28.4 Å². The minimum atomic E-state index is -1.03. The maximum atomic E-state index is 12.3. The predicted octanol–water partition coefficient (Wildman–Crippen LogP) is 2.22. The lowest BCUT2D eigenvalue weighted by Crippen LogP contribution is -2.35. The molecule has 1 aromatic heterocycles. The third-order valence-corrected chi connectivity index (χ3v) is 3.63. The minimum Gasteiger partial charge on any atom is -0.477 e. The van der Waals surface area contributed by atoms with E-state index in [1.807, 2.05) is 35.2 Å². The summed E-state index contributed by atoms with van der Waals surface area (Å²) in [6, 6.07) is 9.62. The summed E-state index contributed by atoms with van der Waals surface area (Å²) in [6.07, 6.45) is 0. The van der Waals surface area contributed by atoms with E-state index in [1.165, 1.54) is 0 Å². The van der Waals surface area contributed by atoms with Gasteiger partial charge in [0.05, 0.1) is 13.1 Å². The van der Waals surface area contributed by atoms with Crippen LogP contribution in [0.25, 0.3) is 0 Å². The average molecular weight is 270 g/mol.